The number of ether oxygens (including phenoxy) is 2. The average Bonchev–Trinajstić information content (AvgIpc) is 2.39. The van der Waals surface area contributed by atoms with Gasteiger partial charge in [-0.2, -0.15) is 0 Å². The highest BCUT2D eigenvalue weighted by Gasteiger charge is 2.30. The van der Waals surface area contributed by atoms with E-state index in [0.29, 0.717) is 44.9 Å². The van der Waals surface area contributed by atoms with E-state index in [2.05, 4.69) is 4.90 Å². The topological polar surface area (TPSA) is 68.0 Å². The summed E-state index contributed by atoms with van der Waals surface area (Å²) < 4.78 is 10.9. The molecule has 5 nitrogen and oxygen atoms in total. The van der Waals surface area contributed by atoms with Crippen molar-refractivity contribution in [3.8, 4) is 5.75 Å². The molecule has 112 valence electrons. The van der Waals surface area contributed by atoms with Crippen LogP contribution in [-0.2, 0) is 4.74 Å². The van der Waals surface area contributed by atoms with Gasteiger partial charge in [-0.15, -0.1) is 0 Å². The van der Waals surface area contributed by atoms with E-state index in [1.165, 1.54) is 0 Å². The van der Waals surface area contributed by atoms with Crippen molar-refractivity contribution < 1.29 is 14.6 Å². The van der Waals surface area contributed by atoms with E-state index in [0.717, 1.165) is 12.3 Å². The second-order valence-electron chi connectivity index (χ2n) is 5.50. The van der Waals surface area contributed by atoms with Crippen LogP contribution in [-0.4, -0.2) is 55.6 Å². The number of rotatable bonds is 6. The Kier molecular flexibility index (Phi) is 5.23. The first-order valence-corrected chi connectivity index (χ1v) is 7.04. The number of nitrogens with zero attached hydrogens (tertiary/aromatic N) is 1. The first-order valence-electron chi connectivity index (χ1n) is 7.04. The third-order valence-electron chi connectivity index (χ3n) is 3.59. The molecule has 0 spiro atoms. The molecule has 0 aromatic heterocycles. The van der Waals surface area contributed by atoms with Crippen LogP contribution in [0.25, 0.3) is 0 Å². The second-order valence-corrected chi connectivity index (χ2v) is 5.50. The minimum absolute atomic E-state index is 0.576. The third kappa shape index (κ3) is 4.67. The zero-order valence-electron chi connectivity index (χ0n) is 12.0. The van der Waals surface area contributed by atoms with E-state index >= 15 is 0 Å². The van der Waals surface area contributed by atoms with Gasteiger partial charge in [-0.3, -0.25) is 0 Å². The van der Waals surface area contributed by atoms with Crippen molar-refractivity contribution in [1.29, 1.82) is 0 Å². The molecular formula is C15H24N2O3. The van der Waals surface area contributed by atoms with Gasteiger partial charge in [-0.05, 0) is 19.2 Å². The van der Waals surface area contributed by atoms with Crippen LogP contribution in [0.2, 0.25) is 0 Å². The molecule has 1 aliphatic heterocycles. The van der Waals surface area contributed by atoms with Gasteiger partial charge in [-0.25, -0.2) is 0 Å². The van der Waals surface area contributed by atoms with Gasteiger partial charge in [0, 0.05) is 50.9 Å². The van der Waals surface area contributed by atoms with Gasteiger partial charge in [0.15, 0.2) is 0 Å². The van der Waals surface area contributed by atoms with Crippen molar-refractivity contribution >= 4 is 5.69 Å². The molecule has 0 unspecified atom stereocenters. The summed E-state index contributed by atoms with van der Waals surface area (Å²) in [5.74, 6) is 0.781. The number of anilines is 1. The highest BCUT2D eigenvalue weighted by molar-refractivity contribution is 5.43. The molecule has 0 saturated carbocycles. The first kappa shape index (κ1) is 15.1. The van der Waals surface area contributed by atoms with Gasteiger partial charge < -0.3 is 25.2 Å². The lowest BCUT2D eigenvalue weighted by Gasteiger charge is -2.35. The lowest BCUT2D eigenvalue weighted by molar-refractivity contribution is -0.0775. The molecule has 0 radical (unpaired) electrons. The Hall–Kier alpha value is -1.30. The van der Waals surface area contributed by atoms with E-state index in [1.54, 1.807) is 0 Å². The van der Waals surface area contributed by atoms with Crippen LogP contribution < -0.4 is 10.5 Å². The molecule has 1 saturated heterocycles. The fourth-order valence-corrected chi connectivity index (χ4v) is 2.41. The van der Waals surface area contributed by atoms with E-state index in [1.807, 2.05) is 31.3 Å². The summed E-state index contributed by atoms with van der Waals surface area (Å²) in [7, 11) is 2.00. The van der Waals surface area contributed by atoms with Gasteiger partial charge in [0.05, 0.1) is 5.60 Å². The van der Waals surface area contributed by atoms with Crippen molar-refractivity contribution in [3.63, 3.8) is 0 Å². The Morgan fingerprint density at radius 1 is 1.40 bits per heavy atom. The molecule has 0 atom stereocenters. The van der Waals surface area contributed by atoms with Gasteiger partial charge in [0.2, 0.25) is 0 Å². The van der Waals surface area contributed by atoms with Crippen molar-refractivity contribution in [3.05, 3.63) is 24.3 Å². The molecular weight excluding hydrogens is 256 g/mol. The molecule has 1 heterocycles. The predicted octanol–water partition coefficient (Wildman–Crippen LogP) is 1.12. The highest BCUT2D eigenvalue weighted by atomic mass is 16.5. The van der Waals surface area contributed by atoms with Crippen LogP contribution >= 0.6 is 0 Å². The molecule has 2 rings (SSSR count). The van der Waals surface area contributed by atoms with E-state index in [9.17, 15) is 5.11 Å². The molecule has 5 heteroatoms. The maximum atomic E-state index is 10.4. The number of nitrogens with two attached hydrogens (primary N) is 1. The summed E-state index contributed by atoms with van der Waals surface area (Å²) in [5, 5.41) is 10.4. The molecule has 0 bridgehead atoms. The second kappa shape index (κ2) is 6.92. The predicted molar refractivity (Wildman–Crippen MR) is 78.8 cm³/mol. The quantitative estimate of drug-likeness (QED) is 0.764. The summed E-state index contributed by atoms with van der Waals surface area (Å²) in [6, 6.07) is 7.41. The zero-order valence-corrected chi connectivity index (χ0v) is 12.0. The van der Waals surface area contributed by atoms with Crippen molar-refractivity contribution in [2.45, 2.75) is 18.4 Å². The minimum atomic E-state index is -0.621. The summed E-state index contributed by atoms with van der Waals surface area (Å²) >= 11 is 0. The van der Waals surface area contributed by atoms with Crippen molar-refractivity contribution in [1.82, 2.24) is 4.90 Å². The number of likely N-dealkylation sites (N-methyl/N-ethyl adjacent to an activating group) is 1. The smallest absolute Gasteiger partial charge is 0.121 e. The standard InChI is InChI=1S/C15H24N2O3/c1-17(12-15(18)5-8-19-9-6-15)7-10-20-14-4-2-3-13(16)11-14/h2-4,11,18H,5-10,12,16H2,1H3. The Morgan fingerprint density at radius 2 is 2.15 bits per heavy atom. The summed E-state index contributed by atoms with van der Waals surface area (Å²) in [6.07, 6.45) is 1.40. The zero-order chi connectivity index (χ0) is 14.4. The summed E-state index contributed by atoms with van der Waals surface area (Å²) in [4.78, 5) is 2.09. The van der Waals surface area contributed by atoms with Crippen molar-refractivity contribution in [2.24, 2.45) is 0 Å². The third-order valence-corrected chi connectivity index (χ3v) is 3.59. The number of benzene rings is 1. The fraction of sp³-hybridized carbons (Fsp3) is 0.600. The van der Waals surface area contributed by atoms with Gasteiger partial charge in [-0.1, -0.05) is 6.07 Å². The molecule has 1 aromatic carbocycles. The fourth-order valence-electron chi connectivity index (χ4n) is 2.41. The maximum Gasteiger partial charge on any atom is 0.121 e. The number of hydrogen-bond acceptors (Lipinski definition) is 5. The van der Waals surface area contributed by atoms with Crippen LogP contribution in [0.3, 0.4) is 0 Å². The first-order chi connectivity index (χ1) is 9.57. The minimum Gasteiger partial charge on any atom is -0.492 e. The highest BCUT2D eigenvalue weighted by Crippen LogP contribution is 2.21. The molecule has 1 fully saturated rings. The Labute approximate surface area is 120 Å². The number of aliphatic hydroxyl groups is 1. The Morgan fingerprint density at radius 3 is 2.85 bits per heavy atom. The monoisotopic (exact) mass is 280 g/mol. The van der Waals surface area contributed by atoms with Crippen LogP contribution in [0.5, 0.6) is 5.75 Å². The van der Waals surface area contributed by atoms with Crippen LogP contribution in [0.4, 0.5) is 5.69 Å². The summed E-state index contributed by atoms with van der Waals surface area (Å²) in [6.45, 7) is 3.27. The molecule has 0 amide bonds. The molecule has 20 heavy (non-hydrogen) atoms. The average molecular weight is 280 g/mol. The Bertz CT molecular complexity index is 419. The molecule has 0 aliphatic carbocycles. The van der Waals surface area contributed by atoms with Gasteiger partial charge in [0.25, 0.3) is 0 Å². The molecule has 3 N–H and O–H groups in total. The number of nitrogen functional groups attached to an aromatic ring is 1. The van der Waals surface area contributed by atoms with Crippen LogP contribution in [0.15, 0.2) is 24.3 Å². The Balaban J connectivity index is 1.71. The lowest BCUT2D eigenvalue weighted by atomic mass is 9.94. The summed E-state index contributed by atoms with van der Waals surface area (Å²) in [5.41, 5.74) is 5.78. The lowest BCUT2D eigenvalue weighted by Crippen LogP contribution is -2.46. The van der Waals surface area contributed by atoms with E-state index in [4.69, 9.17) is 15.2 Å². The molecule has 1 aliphatic rings. The normalized spacial score (nSPS) is 18.1. The van der Waals surface area contributed by atoms with Crippen LogP contribution in [0, 0.1) is 0 Å². The van der Waals surface area contributed by atoms with Gasteiger partial charge in [0.1, 0.15) is 12.4 Å². The maximum absolute atomic E-state index is 10.4. The van der Waals surface area contributed by atoms with E-state index in [-0.39, 0.29) is 0 Å². The number of hydrogen-bond donors (Lipinski definition) is 2. The largest absolute Gasteiger partial charge is 0.492 e. The van der Waals surface area contributed by atoms with E-state index < -0.39 is 5.60 Å². The van der Waals surface area contributed by atoms with Gasteiger partial charge >= 0.3 is 0 Å². The molecule has 1 aromatic rings. The van der Waals surface area contributed by atoms with Crippen LogP contribution in [0.1, 0.15) is 12.8 Å². The SMILES string of the molecule is CN(CCOc1cccc(N)c1)CC1(O)CCOCC1. The van der Waals surface area contributed by atoms with Crippen molar-refractivity contribution in [2.75, 3.05) is 45.7 Å².